The Morgan fingerprint density at radius 2 is 1.55 bits per heavy atom. The Bertz CT molecular complexity index is 1060. The zero-order valence-electron chi connectivity index (χ0n) is 16.0. The average Bonchev–Trinajstić information content (AvgIpc) is 3.52. The van der Waals surface area contributed by atoms with Crippen molar-refractivity contribution >= 4 is 25.8 Å². The van der Waals surface area contributed by atoms with Gasteiger partial charge in [0.1, 0.15) is 6.04 Å². The zero-order valence-corrected chi connectivity index (χ0v) is 17.7. The molecule has 1 saturated carbocycles. The van der Waals surface area contributed by atoms with Crippen molar-refractivity contribution in [1.82, 2.24) is 10.0 Å². The second-order valence-corrected chi connectivity index (χ2v) is 11.0. The molecule has 1 aliphatic rings. The molecule has 2 aromatic carbocycles. The van der Waals surface area contributed by atoms with Crippen LogP contribution < -0.4 is 10.0 Å². The fourth-order valence-electron chi connectivity index (χ4n) is 2.82. The smallest absolute Gasteiger partial charge is 0.241 e. The maximum atomic E-state index is 12.8. The minimum Gasteiger partial charge on any atom is -0.352 e. The Hall–Kier alpha value is -2.23. The first-order valence-corrected chi connectivity index (χ1v) is 12.5. The summed E-state index contributed by atoms with van der Waals surface area (Å²) in [7, 11) is -7.44. The average molecular weight is 437 g/mol. The minimum atomic E-state index is -4.01. The molecule has 2 aromatic rings. The Kier molecular flexibility index (Phi) is 6.40. The number of carbonyl (C=O) groups is 1. The van der Waals surface area contributed by atoms with Crippen LogP contribution >= 0.6 is 0 Å². The van der Waals surface area contributed by atoms with E-state index in [2.05, 4.69) is 10.0 Å². The summed E-state index contributed by atoms with van der Waals surface area (Å²) < 4.78 is 52.0. The molecule has 156 valence electrons. The molecule has 0 heterocycles. The largest absolute Gasteiger partial charge is 0.352 e. The standard InChI is InChI=1S/C20H24N2O5S2/c1-2-28(24,25)17-10-12-18(13-11-17)29(26,27)22-19(20(23)21-16-8-9-16)14-15-6-4-3-5-7-15/h3-7,10-13,16,19,22H,2,8-9,14H2,1H3,(H,21,23). The highest BCUT2D eigenvalue weighted by molar-refractivity contribution is 7.91. The first kappa shape index (κ1) is 21.5. The molecular formula is C20H24N2O5S2. The molecule has 29 heavy (non-hydrogen) atoms. The van der Waals surface area contributed by atoms with Crippen molar-refractivity contribution in [1.29, 1.82) is 0 Å². The minimum absolute atomic E-state index is 0.0614. The van der Waals surface area contributed by atoms with Crippen molar-refractivity contribution in [2.45, 2.75) is 48.1 Å². The molecule has 0 radical (unpaired) electrons. The van der Waals surface area contributed by atoms with Crippen LogP contribution in [0.3, 0.4) is 0 Å². The van der Waals surface area contributed by atoms with Crippen molar-refractivity contribution < 1.29 is 21.6 Å². The number of rotatable bonds is 9. The van der Waals surface area contributed by atoms with Crippen LogP contribution in [0, 0.1) is 0 Å². The summed E-state index contributed by atoms with van der Waals surface area (Å²) in [4.78, 5) is 12.6. The maximum Gasteiger partial charge on any atom is 0.241 e. The van der Waals surface area contributed by atoms with E-state index in [0.29, 0.717) is 0 Å². The molecule has 3 rings (SSSR count). The predicted molar refractivity (Wildman–Crippen MR) is 110 cm³/mol. The molecule has 1 atom stereocenters. The second kappa shape index (κ2) is 8.64. The van der Waals surface area contributed by atoms with Gasteiger partial charge >= 0.3 is 0 Å². The van der Waals surface area contributed by atoms with Gasteiger partial charge in [-0.3, -0.25) is 4.79 Å². The van der Waals surface area contributed by atoms with Crippen LogP contribution in [-0.2, 0) is 31.1 Å². The molecule has 9 heteroatoms. The van der Waals surface area contributed by atoms with Gasteiger partial charge in [-0.2, -0.15) is 4.72 Å². The number of hydrogen-bond acceptors (Lipinski definition) is 5. The summed E-state index contributed by atoms with van der Waals surface area (Å²) in [6.45, 7) is 1.52. The van der Waals surface area contributed by atoms with Crippen molar-refractivity contribution in [2.24, 2.45) is 0 Å². The van der Waals surface area contributed by atoms with Crippen LogP contribution in [-0.4, -0.2) is 40.6 Å². The van der Waals surface area contributed by atoms with Crippen molar-refractivity contribution in [3.05, 3.63) is 60.2 Å². The second-order valence-electron chi connectivity index (χ2n) is 7.02. The lowest BCUT2D eigenvalue weighted by Crippen LogP contribution is -2.48. The van der Waals surface area contributed by atoms with Crippen LogP contribution in [0.25, 0.3) is 0 Å². The lowest BCUT2D eigenvalue weighted by Gasteiger charge is -2.19. The molecule has 1 amide bonds. The Balaban J connectivity index is 1.81. The topological polar surface area (TPSA) is 109 Å². The number of sulfone groups is 1. The summed E-state index contributed by atoms with van der Waals surface area (Å²) >= 11 is 0. The highest BCUT2D eigenvalue weighted by Gasteiger charge is 2.30. The molecule has 1 fully saturated rings. The molecule has 0 spiro atoms. The fourth-order valence-corrected chi connectivity index (χ4v) is 4.89. The Morgan fingerprint density at radius 1 is 0.966 bits per heavy atom. The summed E-state index contributed by atoms with van der Waals surface area (Å²) in [5.74, 6) is -0.442. The van der Waals surface area contributed by atoms with E-state index in [1.165, 1.54) is 31.2 Å². The Morgan fingerprint density at radius 3 is 2.10 bits per heavy atom. The highest BCUT2D eigenvalue weighted by Crippen LogP contribution is 2.20. The normalized spacial score (nSPS) is 15.6. The molecule has 0 saturated heterocycles. The van der Waals surface area contributed by atoms with Crippen LogP contribution in [0.5, 0.6) is 0 Å². The summed E-state index contributed by atoms with van der Waals surface area (Å²) in [6.07, 6.45) is 1.99. The van der Waals surface area contributed by atoms with Crippen LogP contribution in [0.2, 0.25) is 0 Å². The number of carbonyl (C=O) groups excluding carboxylic acids is 1. The lowest BCUT2D eigenvalue weighted by atomic mass is 10.1. The summed E-state index contributed by atoms with van der Waals surface area (Å²) in [5.41, 5.74) is 0.829. The van der Waals surface area contributed by atoms with E-state index < -0.39 is 25.9 Å². The van der Waals surface area contributed by atoms with Gasteiger partial charge in [-0.05, 0) is 49.1 Å². The number of hydrogen-bond donors (Lipinski definition) is 2. The zero-order chi connectivity index (χ0) is 21.1. The molecule has 0 aromatic heterocycles. The maximum absolute atomic E-state index is 12.8. The van der Waals surface area contributed by atoms with Gasteiger partial charge in [0.25, 0.3) is 0 Å². The van der Waals surface area contributed by atoms with E-state index in [0.717, 1.165) is 18.4 Å². The van der Waals surface area contributed by atoms with Gasteiger partial charge in [-0.15, -0.1) is 0 Å². The van der Waals surface area contributed by atoms with E-state index in [1.807, 2.05) is 30.3 Å². The molecule has 2 N–H and O–H groups in total. The summed E-state index contributed by atoms with van der Waals surface area (Å²) in [5, 5.41) is 2.84. The first-order chi connectivity index (χ1) is 13.7. The van der Waals surface area contributed by atoms with Crippen molar-refractivity contribution in [2.75, 3.05) is 5.75 Å². The lowest BCUT2D eigenvalue weighted by molar-refractivity contribution is -0.122. The predicted octanol–water partition coefficient (Wildman–Crippen LogP) is 1.65. The third kappa shape index (κ3) is 5.65. The van der Waals surface area contributed by atoms with Gasteiger partial charge in [0.2, 0.25) is 15.9 Å². The number of sulfonamides is 1. The molecule has 7 nitrogen and oxygen atoms in total. The Labute approximate surface area is 171 Å². The SMILES string of the molecule is CCS(=O)(=O)c1ccc(S(=O)(=O)NC(Cc2ccccc2)C(=O)NC2CC2)cc1. The van der Waals surface area contributed by atoms with Crippen molar-refractivity contribution in [3.63, 3.8) is 0 Å². The third-order valence-corrected chi connectivity index (χ3v) is 7.93. The van der Waals surface area contributed by atoms with Crippen LogP contribution in [0.1, 0.15) is 25.3 Å². The number of amides is 1. The van der Waals surface area contributed by atoms with E-state index >= 15 is 0 Å². The van der Waals surface area contributed by atoms with Crippen molar-refractivity contribution in [3.8, 4) is 0 Å². The monoisotopic (exact) mass is 436 g/mol. The van der Waals surface area contributed by atoms with Gasteiger partial charge < -0.3 is 5.32 Å². The number of nitrogens with one attached hydrogen (secondary N) is 2. The highest BCUT2D eigenvalue weighted by atomic mass is 32.2. The quantitative estimate of drug-likeness (QED) is 0.621. The number of benzene rings is 2. The van der Waals surface area contributed by atoms with E-state index in [-0.39, 0.29) is 33.9 Å². The molecular weight excluding hydrogens is 412 g/mol. The van der Waals surface area contributed by atoms with Gasteiger partial charge in [-0.25, -0.2) is 16.8 Å². The van der Waals surface area contributed by atoms with E-state index in [9.17, 15) is 21.6 Å². The van der Waals surface area contributed by atoms with Crippen LogP contribution in [0.15, 0.2) is 64.4 Å². The first-order valence-electron chi connectivity index (χ1n) is 9.41. The fraction of sp³-hybridized carbons (Fsp3) is 0.350. The summed E-state index contributed by atoms with van der Waals surface area (Å²) in [6, 6.07) is 13.3. The van der Waals surface area contributed by atoms with Gasteiger partial charge in [0.05, 0.1) is 15.5 Å². The molecule has 1 aliphatic carbocycles. The van der Waals surface area contributed by atoms with Crippen LogP contribution in [0.4, 0.5) is 0 Å². The molecule has 1 unspecified atom stereocenters. The van der Waals surface area contributed by atoms with Gasteiger partial charge in [-0.1, -0.05) is 37.3 Å². The third-order valence-electron chi connectivity index (χ3n) is 4.69. The molecule has 0 bridgehead atoms. The van der Waals surface area contributed by atoms with E-state index in [1.54, 1.807) is 0 Å². The van der Waals surface area contributed by atoms with Gasteiger partial charge in [0, 0.05) is 6.04 Å². The molecule has 0 aliphatic heterocycles. The van der Waals surface area contributed by atoms with Gasteiger partial charge in [0.15, 0.2) is 9.84 Å². The van der Waals surface area contributed by atoms with E-state index in [4.69, 9.17) is 0 Å².